The molecule has 3 rings (SSSR count). The van der Waals surface area contributed by atoms with Crippen molar-refractivity contribution >= 4 is 27.7 Å². The van der Waals surface area contributed by atoms with E-state index in [1.807, 2.05) is 99.6 Å². The first kappa shape index (κ1) is 24.7. The van der Waals surface area contributed by atoms with Gasteiger partial charge in [-0.05, 0) is 49.6 Å². The van der Waals surface area contributed by atoms with E-state index < -0.39 is 6.04 Å². The van der Waals surface area contributed by atoms with Crippen LogP contribution < -0.4 is 5.32 Å². The monoisotopic (exact) mass is 506 g/mol. The second-order valence-corrected chi connectivity index (χ2v) is 9.60. The molecule has 5 heteroatoms. The fourth-order valence-electron chi connectivity index (χ4n) is 3.82. The summed E-state index contributed by atoms with van der Waals surface area (Å²) in [6.07, 6.45) is 0.702. The van der Waals surface area contributed by atoms with Crippen LogP contribution in [0.2, 0.25) is 0 Å². The molecule has 33 heavy (non-hydrogen) atoms. The SMILES string of the molecule is Cc1cccc(CC(=O)N(Cc2ccc(Br)cc2)[C@@H](Cc2ccccc2)C(=O)NC(C)C)c1. The van der Waals surface area contributed by atoms with Crippen molar-refractivity contribution < 1.29 is 9.59 Å². The lowest BCUT2D eigenvalue weighted by molar-refractivity contribution is -0.141. The lowest BCUT2D eigenvalue weighted by Gasteiger charge is -2.32. The molecule has 0 aliphatic rings. The van der Waals surface area contributed by atoms with Crippen LogP contribution in [0, 0.1) is 6.92 Å². The molecule has 172 valence electrons. The number of benzene rings is 3. The van der Waals surface area contributed by atoms with Gasteiger partial charge in [-0.2, -0.15) is 0 Å². The summed E-state index contributed by atoms with van der Waals surface area (Å²) in [7, 11) is 0. The van der Waals surface area contributed by atoms with Gasteiger partial charge in [0, 0.05) is 23.5 Å². The zero-order valence-electron chi connectivity index (χ0n) is 19.4. The lowest BCUT2D eigenvalue weighted by Crippen LogP contribution is -2.52. The van der Waals surface area contributed by atoms with Crippen LogP contribution >= 0.6 is 15.9 Å². The average molecular weight is 507 g/mol. The number of hydrogen-bond donors (Lipinski definition) is 1. The van der Waals surface area contributed by atoms with Crippen molar-refractivity contribution in [3.05, 3.63) is 106 Å². The van der Waals surface area contributed by atoms with Crippen LogP contribution in [0.1, 0.15) is 36.1 Å². The molecule has 0 bridgehead atoms. The Balaban J connectivity index is 1.96. The minimum atomic E-state index is -0.615. The molecular formula is C28H31BrN2O2. The second-order valence-electron chi connectivity index (χ2n) is 8.68. The second kappa shape index (κ2) is 11.8. The van der Waals surface area contributed by atoms with Gasteiger partial charge in [0.05, 0.1) is 6.42 Å². The number of nitrogens with one attached hydrogen (secondary N) is 1. The quantitative estimate of drug-likeness (QED) is 0.418. The minimum absolute atomic E-state index is 0.0165. The van der Waals surface area contributed by atoms with Crippen molar-refractivity contribution in [1.82, 2.24) is 10.2 Å². The molecule has 0 saturated carbocycles. The van der Waals surface area contributed by atoms with Gasteiger partial charge in [0.2, 0.25) is 11.8 Å². The molecule has 0 unspecified atom stereocenters. The van der Waals surface area contributed by atoms with E-state index in [1.54, 1.807) is 4.90 Å². The first-order chi connectivity index (χ1) is 15.8. The Hall–Kier alpha value is -2.92. The van der Waals surface area contributed by atoms with Crippen LogP contribution in [0.5, 0.6) is 0 Å². The maximum atomic E-state index is 13.7. The highest BCUT2D eigenvalue weighted by molar-refractivity contribution is 9.10. The van der Waals surface area contributed by atoms with Gasteiger partial charge in [-0.15, -0.1) is 0 Å². The van der Waals surface area contributed by atoms with Gasteiger partial charge >= 0.3 is 0 Å². The normalized spacial score (nSPS) is 11.8. The number of aryl methyl sites for hydroxylation is 1. The van der Waals surface area contributed by atoms with Crippen LogP contribution in [-0.2, 0) is 29.0 Å². The molecule has 0 aliphatic heterocycles. The summed E-state index contributed by atoms with van der Waals surface area (Å²) in [6.45, 7) is 6.25. The van der Waals surface area contributed by atoms with Crippen molar-refractivity contribution in [2.75, 3.05) is 0 Å². The van der Waals surface area contributed by atoms with E-state index in [9.17, 15) is 9.59 Å². The molecule has 0 saturated heterocycles. The van der Waals surface area contributed by atoms with Crippen LogP contribution in [0.25, 0.3) is 0 Å². The maximum absolute atomic E-state index is 13.7. The van der Waals surface area contributed by atoms with Crippen molar-refractivity contribution in [3.63, 3.8) is 0 Å². The fraction of sp³-hybridized carbons (Fsp3) is 0.286. The first-order valence-corrected chi connectivity index (χ1v) is 12.0. The van der Waals surface area contributed by atoms with E-state index in [0.29, 0.717) is 13.0 Å². The van der Waals surface area contributed by atoms with E-state index in [2.05, 4.69) is 21.2 Å². The third kappa shape index (κ3) is 7.57. The number of hydrogen-bond acceptors (Lipinski definition) is 2. The molecule has 1 N–H and O–H groups in total. The van der Waals surface area contributed by atoms with Crippen molar-refractivity contribution in [2.24, 2.45) is 0 Å². The molecule has 0 heterocycles. The molecular weight excluding hydrogens is 476 g/mol. The third-order valence-electron chi connectivity index (χ3n) is 5.41. The summed E-state index contributed by atoms with van der Waals surface area (Å²) in [6, 6.07) is 25.1. The van der Waals surface area contributed by atoms with Crippen LogP contribution in [0.15, 0.2) is 83.3 Å². The van der Waals surface area contributed by atoms with Crippen LogP contribution in [0.4, 0.5) is 0 Å². The van der Waals surface area contributed by atoms with Crippen LogP contribution in [-0.4, -0.2) is 28.8 Å². The maximum Gasteiger partial charge on any atom is 0.243 e. The predicted molar refractivity (Wildman–Crippen MR) is 137 cm³/mol. The summed E-state index contributed by atoms with van der Waals surface area (Å²) >= 11 is 3.47. The van der Waals surface area contributed by atoms with Gasteiger partial charge in [-0.1, -0.05) is 88.2 Å². The Morgan fingerprint density at radius 1 is 0.879 bits per heavy atom. The van der Waals surface area contributed by atoms with Crippen LogP contribution in [0.3, 0.4) is 0 Å². The van der Waals surface area contributed by atoms with E-state index in [1.165, 1.54) is 0 Å². The number of nitrogens with zero attached hydrogens (tertiary/aromatic N) is 1. The molecule has 3 aromatic carbocycles. The number of rotatable bonds is 9. The Morgan fingerprint density at radius 3 is 2.18 bits per heavy atom. The topological polar surface area (TPSA) is 49.4 Å². The highest BCUT2D eigenvalue weighted by Crippen LogP contribution is 2.19. The highest BCUT2D eigenvalue weighted by atomic mass is 79.9. The zero-order chi connectivity index (χ0) is 23.8. The standard InChI is InChI=1S/C28H31BrN2O2/c1-20(2)30-28(33)26(17-22-9-5-4-6-10-22)31(19-23-12-14-25(29)15-13-23)27(32)18-24-11-7-8-21(3)16-24/h4-16,20,26H,17-19H2,1-3H3,(H,30,33)/t26-/m0/s1. The number of amides is 2. The summed E-state index contributed by atoms with van der Waals surface area (Å²) in [5.41, 5.74) is 4.05. The van der Waals surface area contributed by atoms with Gasteiger partial charge in [0.1, 0.15) is 6.04 Å². The number of carbonyl (C=O) groups excluding carboxylic acids is 2. The van der Waals surface area contributed by atoms with E-state index in [0.717, 1.165) is 26.7 Å². The van der Waals surface area contributed by atoms with Crippen molar-refractivity contribution in [3.8, 4) is 0 Å². The first-order valence-electron chi connectivity index (χ1n) is 11.3. The largest absolute Gasteiger partial charge is 0.352 e. The Labute approximate surface area is 205 Å². The predicted octanol–water partition coefficient (Wildman–Crippen LogP) is 5.46. The smallest absolute Gasteiger partial charge is 0.243 e. The van der Waals surface area contributed by atoms with E-state index in [4.69, 9.17) is 0 Å². The highest BCUT2D eigenvalue weighted by Gasteiger charge is 2.30. The third-order valence-corrected chi connectivity index (χ3v) is 5.93. The molecule has 0 fully saturated rings. The Morgan fingerprint density at radius 2 is 1.55 bits per heavy atom. The summed E-state index contributed by atoms with van der Waals surface area (Å²) < 4.78 is 0.974. The molecule has 1 atom stereocenters. The molecule has 0 aromatic heterocycles. The van der Waals surface area contributed by atoms with E-state index in [-0.39, 0.29) is 24.3 Å². The van der Waals surface area contributed by atoms with E-state index >= 15 is 0 Å². The van der Waals surface area contributed by atoms with Crippen molar-refractivity contribution in [1.29, 1.82) is 0 Å². The zero-order valence-corrected chi connectivity index (χ0v) is 21.0. The number of halogens is 1. The minimum Gasteiger partial charge on any atom is -0.352 e. The molecule has 4 nitrogen and oxygen atoms in total. The average Bonchev–Trinajstić information content (AvgIpc) is 2.77. The molecule has 2 amide bonds. The molecule has 3 aromatic rings. The number of carbonyl (C=O) groups is 2. The summed E-state index contributed by atoms with van der Waals surface area (Å²) in [5, 5.41) is 3.03. The van der Waals surface area contributed by atoms with Gasteiger partial charge in [-0.25, -0.2) is 0 Å². The Kier molecular flexibility index (Phi) is 8.84. The van der Waals surface area contributed by atoms with Gasteiger partial charge in [0.15, 0.2) is 0 Å². The Bertz CT molecular complexity index is 1060. The molecule has 0 aliphatic carbocycles. The fourth-order valence-corrected chi connectivity index (χ4v) is 4.08. The summed E-state index contributed by atoms with van der Waals surface area (Å²) in [4.78, 5) is 28.7. The summed E-state index contributed by atoms with van der Waals surface area (Å²) in [5.74, 6) is -0.202. The van der Waals surface area contributed by atoms with Crippen molar-refractivity contribution in [2.45, 2.75) is 52.2 Å². The molecule has 0 spiro atoms. The van der Waals surface area contributed by atoms with Gasteiger partial charge in [0.25, 0.3) is 0 Å². The van der Waals surface area contributed by atoms with Gasteiger partial charge in [-0.3, -0.25) is 9.59 Å². The lowest BCUT2D eigenvalue weighted by atomic mass is 10.0. The molecule has 0 radical (unpaired) electrons. The van der Waals surface area contributed by atoms with Gasteiger partial charge < -0.3 is 10.2 Å².